The van der Waals surface area contributed by atoms with Gasteiger partial charge in [0.25, 0.3) is 0 Å². The highest BCUT2D eigenvalue weighted by atomic mass is 35.5. The minimum Gasteiger partial charge on any atom is -0.274 e. The quantitative estimate of drug-likeness (QED) is 0.288. The number of para-hydroxylation sites is 2. The van der Waals surface area contributed by atoms with Crippen molar-refractivity contribution in [2.24, 2.45) is 4.99 Å². The first kappa shape index (κ1) is 18.0. The molecule has 3 rings (SSSR count). The normalized spacial score (nSPS) is 17.3. The van der Waals surface area contributed by atoms with Gasteiger partial charge in [0.05, 0.1) is 16.4 Å². The summed E-state index contributed by atoms with van der Waals surface area (Å²) in [7, 11) is 0. The first-order valence-corrected chi connectivity index (χ1v) is 8.92. The lowest BCUT2D eigenvalue weighted by Gasteiger charge is -2.14. The van der Waals surface area contributed by atoms with Crippen LogP contribution in [0, 0.1) is 11.5 Å². The average molecular weight is 385 g/mol. The molecule has 1 aliphatic heterocycles. The fourth-order valence-corrected chi connectivity index (χ4v) is 3.60. The first-order valence-electron chi connectivity index (χ1n) is 7.67. The second-order valence-corrected chi connectivity index (χ2v) is 6.92. The summed E-state index contributed by atoms with van der Waals surface area (Å²) in [6, 6.07) is 15.6. The molecule has 0 aliphatic carbocycles. The Hall–Kier alpha value is -2.82. The second kappa shape index (κ2) is 8.04. The lowest BCUT2D eigenvalue weighted by Crippen LogP contribution is -2.32. The summed E-state index contributed by atoms with van der Waals surface area (Å²) in [5.41, 5.74) is 1.000. The van der Waals surface area contributed by atoms with Crippen molar-refractivity contribution in [2.75, 3.05) is 4.90 Å². The molecule has 0 spiro atoms. The number of rotatable bonds is 3. The number of aliphatic imine (C=N–C) groups is 1. The molecule has 1 saturated heterocycles. The minimum absolute atomic E-state index is 0.0348. The van der Waals surface area contributed by atoms with Gasteiger partial charge in [0.1, 0.15) is 5.25 Å². The van der Waals surface area contributed by atoms with Gasteiger partial charge in [-0.25, -0.2) is 9.89 Å². The highest BCUT2D eigenvalue weighted by Crippen LogP contribution is 2.31. The summed E-state index contributed by atoms with van der Waals surface area (Å²) in [6.07, 6.45) is 1.83. The Kier molecular flexibility index (Phi) is 5.56. The lowest BCUT2D eigenvalue weighted by atomic mass is 10.3. The maximum Gasteiger partial charge on any atom is 0.247 e. The standard InChI is InChI=1S/C18H13ClN4O2S/c19-13-8-4-5-9-14(13)22-18(21-11-20)26-15-10-16(24)23(17(15)25)12-6-2-1-3-7-12/h1-9,15H,10H2,(H,21,22)/t15-/m1/s1. The number of hydrogen-bond acceptors (Lipinski definition) is 5. The molecule has 0 bridgehead atoms. The Morgan fingerprint density at radius 3 is 2.58 bits per heavy atom. The molecule has 0 aromatic heterocycles. The Morgan fingerprint density at radius 1 is 1.19 bits per heavy atom. The summed E-state index contributed by atoms with van der Waals surface area (Å²) < 4.78 is 0. The summed E-state index contributed by atoms with van der Waals surface area (Å²) in [5.74, 6) is -0.620. The predicted octanol–water partition coefficient (Wildman–Crippen LogP) is 3.46. The van der Waals surface area contributed by atoms with E-state index in [-0.39, 0.29) is 23.4 Å². The van der Waals surface area contributed by atoms with E-state index in [4.69, 9.17) is 16.9 Å². The Bertz CT molecular complexity index is 911. The Morgan fingerprint density at radius 2 is 1.88 bits per heavy atom. The fourth-order valence-electron chi connectivity index (χ4n) is 2.46. The van der Waals surface area contributed by atoms with Crippen LogP contribution in [0.1, 0.15) is 6.42 Å². The van der Waals surface area contributed by atoms with E-state index in [1.54, 1.807) is 54.7 Å². The number of imide groups is 1. The van der Waals surface area contributed by atoms with Crippen LogP contribution >= 0.6 is 23.4 Å². The molecule has 6 nitrogen and oxygen atoms in total. The number of amides is 2. The number of carbonyl (C=O) groups excluding carboxylic acids is 2. The number of carbonyl (C=O) groups is 2. The molecule has 1 aliphatic rings. The van der Waals surface area contributed by atoms with Crippen molar-refractivity contribution in [3.63, 3.8) is 0 Å². The molecule has 130 valence electrons. The third-order valence-electron chi connectivity index (χ3n) is 3.61. The number of nitriles is 1. The van der Waals surface area contributed by atoms with Crippen LogP contribution in [0.2, 0.25) is 5.02 Å². The number of nitrogens with one attached hydrogen (secondary N) is 1. The molecule has 1 N–H and O–H groups in total. The molecule has 0 radical (unpaired) electrons. The van der Waals surface area contributed by atoms with Gasteiger partial charge < -0.3 is 0 Å². The minimum atomic E-state index is -0.662. The molecule has 1 heterocycles. The van der Waals surface area contributed by atoms with E-state index in [1.165, 1.54) is 0 Å². The van der Waals surface area contributed by atoms with Crippen LogP contribution in [-0.2, 0) is 9.59 Å². The van der Waals surface area contributed by atoms with Crippen molar-refractivity contribution in [1.82, 2.24) is 5.32 Å². The van der Waals surface area contributed by atoms with Crippen molar-refractivity contribution < 1.29 is 9.59 Å². The SMILES string of the molecule is N#CNC(=Nc1ccccc1Cl)S[C@@H]1CC(=O)N(c2ccccc2)C1=O. The number of thioether (sulfide) groups is 1. The van der Waals surface area contributed by atoms with E-state index in [1.807, 2.05) is 6.07 Å². The molecular formula is C18H13ClN4O2S. The van der Waals surface area contributed by atoms with Crippen molar-refractivity contribution >= 4 is 51.7 Å². The van der Waals surface area contributed by atoms with E-state index in [2.05, 4.69) is 10.3 Å². The molecule has 8 heteroatoms. The predicted molar refractivity (Wildman–Crippen MR) is 102 cm³/mol. The van der Waals surface area contributed by atoms with Gasteiger partial charge in [-0.1, -0.05) is 53.7 Å². The number of benzene rings is 2. The van der Waals surface area contributed by atoms with Gasteiger partial charge in [0.15, 0.2) is 11.4 Å². The maximum atomic E-state index is 12.7. The molecule has 1 fully saturated rings. The molecule has 1 atom stereocenters. The summed E-state index contributed by atoms with van der Waals surface area (Å²) >= 11 is 7.12. The average Bonchev–Trinajstić information content (AvgIpc) is 2.91. The van der Waals surface area contributed by atoms with Crippen LogP contribution in [0.3, 0.4) is 0 Å². The van der Waals surface area contributed by atoms with Gasteiger partial charge in [0.2, 0.25) is 11.8 Å². The van der Waals surface area contributed by atoms with Crippen molar-refractivity contribution in [3.05, 3.63) is 59.6 Å². The summed E-state index contributed by atoms with van der Waals surface area (Å²) in [5, 5.41) is 11.4. The summed E-state index contributed by atoms with van der Waals surface area (Å²) in [4.78, 5) is 30.4. The Labute approximate surface area is 159 Å². The molecule has 0 saturated carbocycles. The lowest BCUT2D eigenvalue weighted by molar-refractivity contribution is -0.121. The second-order valence-electron chi connectivity index (χ2n) is 5.32. The van der Waals surface area contributed by atoms with Crippen LogP contribution in [0.25, 0.3) is 0 Å². The van der Waals surface area contributed by atoms with Gasteiger partial charge >= 0.3 is 0 Å². The molecule has 2 amide bonds. The van der Waals surface area contributed by atoms with E-state index in [0.717, 1.165) is 16.7 Å². The smallest absolute Gasteiger partial charge is 0.247 e. The zero-order valence-corrected chi connectivity index (χ0v) is 15.0. The molecule has 2 aromatic carbocycles. The van der Waals surface area contributed by atoms with Crippen molar-refractivity contribution in [2.45, 2.75) is 11.7 Å². The van der Waals surface area contributed by atoms with Crippen LogP contribution in [0.4, 0.5) is 11.4 Å². The molecule has 0 unspecified atom stereocenters. The maximum absolute atomic E-state index is 12.7. The topological polar surface area (TPSA) is 85.6 Å². The van der Waals surface area contributed by atoms with E-state index in [9.17, 15) is 9.59 Å². The van der Waals surface area contributed by atoms with Gasteiger partial charge in [-0.3, -0.25) is 14.9 Å². The van der Waals surface area contributed by atoms with Crippen LogP contribution in [0.15, 0.2) is 59.6 Å². The van der Waals surface area contributed by atoms with Gasteiger partial charge in [-0.05, 0) is 24.3 Å². The van der Waals surface area contributed by atoms with E-state index >= 15 is 0 Å². The van der Waals surface area contributed by atoms with E-state index < -0.39 is 5.25 Å². The van der Waals surface area contributed by atoms with Gasteiger partial charge in [-0.15, -0.1) is 0 Å². The summed E-state index contributed by atoms with van der Waals surface area (Å²) in [6.45, 7) is 0. The number of halogens is 1. The zero-order valence-electron chi connectivity index (χ0n) is 13.4. The van der Waals surface area contributed by atoms with Crippen LogP contribution in [0.5, 0.6) is 0 Å². The van der Waals surface area contributed by atoms with Crippen molar-refractivity contribution in [1.29, 1.82) is 5.26 Å². The molecular weight excluding hydrogens is 372 g/mol. The van der Waals surface area contributed by atoms with Gasteiger partial charge in [-0.2, -0.15) is 5.26 Å². The number of hydrogen-bond donors (Lipinski definition) is 1. The van der Waals surface area contributed by atoms with E-state index in [0.29, 0.717) is 16.4 Å². The largest absolute Gasteiger partial charge is 0.274 e. The number of nitrogens with zero attached hydrogens (tertiary/aromatic N) is 3. The molecule has 2 aromatic rings. The van der Waals surface area contributed by atoms with Crippen LogP contribution < -0.4 is 10.2 Å². The van der Waals surface area contributed by atoms with Crippen LogP contribution in [-0.4, -0.2) is 22.2 Å². The molecule has 26 heavy (non-hydrogen) atoms. The first-order chi connectivity index (χ1) is 12.6. The van der Waals surface area contributed by atoms with Gasteiger partial charge in [0, 0.05) is 6.42 Å². The van der Waals surface area contributed by atoms with Crippen molar-refractivity contribution in [3.8, 4) is 6.19 Å². The third kappa shape index (κ3) is 3.87. The monoisotopic (exact) mass is 384 g/mol. The highest BCUT2D eigenvalue weighted by Gasteiger charge is 2.40. The number of anilines is 1. The number of amidine groups is 1. The third-order valence-corrected chi connectivity index (χ3v) is 5.00. The fraction of sp³-hybridized carbons (Fsp3) is 0.111. The zero-order chi connectivity index (χ0) is 18.5. The highest BCUT2D eigenvalue weighted by molar-refractivity contribution is 8.15. The Balaban J connectivity index is 1.82.